The highest BCUT2D eigenvalue weighted by molar-refractivity contribution is 6.28. The van der Waals surface area contributed by atoms with Crippen molar-refractivity contribution in [3.63, 3.8) is 0 Å². The van der Waals surface area contributed by atoms with E-state index in [4.69, 9.17) is 11.6 Å². The van der Waals surface area contributed by atoms with Crippen LogP contribution >= 0.6 is 11.6 Å². The van der Waals surface area contributed by atoms with Crippen LogP contribution in [0.1, 0.15) is 26.6 Å². The molecule has 0 aliphatic carbocycles. The van der Waals surface area contributed by atoms with Gasteiger partial charge < -0.3 is 0 Å². The molecule has 0 fully saturated rings. The number of hydrogen-bond donors (Lipinski definition) is 0. The lowest BCUT2D eigenvalue weighted by Gasteiger charge is -2.19. The highest BCUT2D eigenvalue weighted by atomic mass is 35.5. The van der Waals surface area contributed by atoms with Crippen LogP contribution < -0.4 is 0 Å². The molecule has 0 spiro atoms. The maximum Gasteiger partial charge on any atom is 0.229 e. The molecule has 0 unspecified atom stereocenters. The molecule has 6 heteroatoms. The van der Waals surface area contributed by atoms with Gasteiger partial charge in [-0.15, -0.1) is 10.2 Å². The highest BCUT2D eigenvalue weighted by Crippen LogP contribution is 2.27. The van der Waals surface area contributed by atoms with Crippen molar-refractivity contribution < 1.29 is 8.78 Å². The first-order valence-electron chi connectivity index (χ1n) is 5.37. The van der Waals surface area contributed by atoms with Gasteiger partial charge >= 0.3 is 0 Å². The maximum absolute atomic E-state index is 13.8. The monoisotopic (exact) mass is 271 g/mol. The van der Waals surface area contributed by atoms with Crippen molar-refractivity contribution in [2.24, 2.45) is 0 Å². The Hall–Kier alpha value is -1.49. The fourth-order valence-corrected chi connectivity index (χ4v) is 1.84. The number of aromatic nitrogens is 3. The Bertz CT molecular complexity index is 587. The Morgan fingerprint density at radius 1 is 1.17 bits per heavy atom. The van der Waals surface area contributed by atoms with Crippen molar-refractivity contribution in [3.8, 4) is 5.69 Å². The van der Waals surface area contributed by atoms with Crippen molar-refractivity contribution >= 4 is 11.6 Å². The summed E-state index contributed by atoms with van der Waals surface area (Å²) >= 11 is 5.93. The highest BCUT2D eigenvalue weighted by Gasteiger charge is 2.25. The minimum Gasteiger partial charge on any atom is -0.266 e. The SMILES string of the molecule is CC(C)(C)c1nnc(Cl)n1-c1ccc(F)cc1F. The Morgan fingerprint density at radius 3 is 2.39 bits per heavy atom. The summed E-state index contributed by atoms with van der Waals surface area (Å²) in [6.45, 7) is 5.72. The molecule has 0 atom stereocenters. The van der Waals surface area contributed by atoms with Crippen molar-refractivity contribution in [2.45, 2.75) is 26.2 Å². The third-order valence-corrected chi connectivity index (χ3v) is 2.69. The van der Waals surface area contributed by atoms with Gasteiger partial charge in [0, 0.05) is 11.5 Å². The summed E-state index contributed by atoms with van der Waals surface area (Å²) in [5.74, 6) is -0.835. The van der Waals surface area contributed by atoms with Gasteiger partial charge in [-0.05, 0) is 23.7 Å². The molecule has 96 valence electrons. The van der Waals surface area contributed by atoms with E-state index in [1.54, 1.807) is 0 Å². The largest absolute Gasteiger partial charge is 0.266 e. The molecule has 0 saturated carbocycles. The van der Waals surface area contributed by atoms with Crippen LogP contribution in [0.15, 0.2) is 18.2 Å². The summed E-state index contributed by atoms with van der Waals surface area (Å²) in [7, 11) is 0. The fraction of sp³-hybridized carbons (Fsp3) is 0.333. The van der Waals surface area contributed by atoms with Gasteiger partial charge in [0.05, 0.1) is 5.69 Å². The molecule has 0 saturated heterocycles. The van der Waals surface area contributed by atoms with Gasteiger partial charge in [-0.1, -0.05) is 20.8 Å². The average molecular weight is 272 g/mol. The van der Waals surface area contributed by atoms with Crippen LogP contribution in [-0.4, -0.2) is 14.8 Å². The van der Waals surface area contributed by atoms with Crippen LogP contribution in [0, 0.1) is 11.6 Å². The zero-order chi connectivity index (χ0) is 13.5. The summed E-state index contributed by atoms with van der Waals surface area (Å²) in [4.78, 5) is 0. The van der Waals surface area contributed by atoms with Gasteiger partial charge in [-0.2, -0.15) is 0 Å². The van der Waals surface area contributed by atoms with Gasteiger partial charge in [-0.25, -0.2) is 8.78 Å². The second-order valence-corrected chi connectivity index (χ2v) is 5.31. The number of nitrogens with zero attached hydrogens (tertiary/aromatic N) is 3. The van der Waals surface area contributed by atoms with Gasteiger partial charge in [-0.3, -0.25) is 4.57 Å². The average Bonchev–Trinajstić information content (AvgIpc) is 2.60. The van der Waals surface area contributed by atoms with Gasteiger partial charge in [0.1, 0.15) is 17.5 Å². The summed E-state index contributed by atoms with van der Waals surface area (Å²) < 4.78 is 28.1. The second kappa shape index (κ2) is 4.31. The van der Waals surface area contributed by atoms with E-state index in [0.29, 0.717) is 5.82 Å². The fourth-order valence-electron chi connectivity index (χ4n) is 1.63. The molecular formula is C12H12ClF2N3. The summed E-state index contributed by atoms with van der Waals surface area (Å²) in [5.41, 5.74) is -0.225. The topological polar surface area (TPSA) is 30.7 Å². The molecule has 0 aliphatic heterocycles. The first-order valence-corrected chi connectivity index (χ1v) is 5.75. The van der Waals surface area contributed by atoms with Crippen LogP contribution in [0.3, 0.4) is 0 Å². The predicted molar refractivity (Wildman–Crippen MR) is 65.0 cm³/mol. The van der Waals surface area contributed by atoms with Crippen molar-refractivity contribution in [1.29, 1.82) is 0 Å². The molecule has 0 N–H and O–H groups in total. The molecule has 1 heterocycles. The third kappa shape index (κ3) is 2.22. The molecule has 2 aromatic rings. The smallest absolute Gasteiger partial charge is 0.229 e. The van der Waals surface area contributed by atoms with E-state index >= 15 is 0 Å². The van der Waals surface area contributed by atoms with Crippen molar-refractivity contribution in [1.82, 2.24) is 14.8 Å². The molecule has 0 aliphatic rings. The van der Waals surface area contributed by atoms with Crippen molar-refractivity contribution in [2.75, 3.05) is 0 Å². The minimum atomic E-state index is -0.706. The molecule has 0 radical (unpaired) electrons. The lowest BCUT2D eigenvalue weighted by atomic mass is 9.95. The van der Waals surface area contributed by atoms with Crippen LogP contribution in [0.2, 0.25) is 5.28 Å². The first kappa shape index (κ1) is 13.0. The van der Waals surface area contributed by atoms with E-state index < -0.39 is 11.6 Å². The zero-order valence-corrected chi connectivity index (χ0v) is 11.0. The zero-order valence-electron chi connectivity index (χ0n) is 10.2. The van der Waals surface area contributed by atoms with Gasteiger partial charge in [0.25, 0.3) is 0 Å². The third-order valence-electron chi connectivity index (χ3n) is 2.45. The normalized spacial score (nSPS) is 11.9. The lowest BCUT2D eigenvalue weighted by Crippen LogP contribution is -2.19. The van der Waals surface area contributed by atoms with Crippen LogP contribution in [-0.2, 0) is 5.41 Å². The van der Waals surface area contributed by atoms with E-state index in [1.807, 2.05) is 20.8 Å². The van der Waals surface area contributed by atoms with Gasteiger partial charge in [0.2, 0.25) is 5.28 Å². The molecule has 18 heavy (non-hydrogen) atoms. The number of rotatable bonds is 1. The number of halogens is 3. The van der Waals surface area contributed by atoms with E-state index in [9.17, 15) is 8.78 Å². The standard InChI is InChI=1S/C12H12ClF2N3/c1-12(2,3)10-16-17-11(13)18(10)9-5-4-7(14)6-8(9)15/h4-6H,1-3H3. The van der Waals surface area contributed by atoms with E-state index in [0.717, 1.165) is 6.07 Å². The van der Waals surface area contributed by atoms with Crippen molar-refractivity contribution in [3.05, 3.63) is 40.9 Å². The number of hydrogen-bond acceptors (Lipinski definition) is 2. The first-order chi connectivity index (χ1) is 8.30. The lowest BCUT2D eigenvalue weighted by molar-refractivity contribution is 0.524. The quantitative estimate of drug-likeness (QED) is 0.795. The Morgan fingerprint density at radius 2 is 1.83 bits per heavy atom. The van der Waals surface area contributed by atoms with E-state index in [1.165, 1.54) is 16.7 Å². The van der Waals surface area contributed by atoms with E-state index in [2.05, 4.69) is 10.2 Å². The van der Waals surface area contributed by atoms with Crippen LogP contribution in [0.25, 0.3) is 5.69 Å². The predicted octanol–water partition coefficient (Wildman–Crippen LogP) is 3.50. The maximum atomic E-state index is 13.8. The minimum absolute atomic E-state index is 0.0467. The molecule has 0 amide bonds. The molecule has 1 aromatic carbocycles. The Kier molecular flexibility index (Phi) is 3.11. The van der Waals surface area contributed by atoms with Gasteiger partial charge in [0.15, 0.2) is 0 Å². The summed E-state index contributed by atoms with van der Waals surface area (Å²) in [6, 6.07) is 3.29. The summed E-state index contributed by atoms with van der Waals surface area (Å²) in [5, 5.41) is 7.74. The molecular weight excluding hydrogens is 260 g/mol. The molecule has 0 bridgehead atoms. The Labute approximate surface area is 108 Å². The molecule has 1 aromatic heterocycles. The van der Waals surface area contributed by atoms with E-state index in [-0.39, 0.29) is 16.4 Å². The second-order valence-electron chi connectivity index (χ2n) is 4.97. The summed E-state index contributed by atoms with van der Waals surface area (Å²) in [6.07, 6.45) is 0. The number of benzene rings is 1. The molecule has 2 rings (SSSR count). The molecule has 3 nitrogen and oxygen atoms in total. The van der Waals surface area contributed by atoms with Crippen LogP contribution in [0.4, 0.5) is 8.78 Å². The van der Waals surface area contributed by atoms with Crippen LogP contribution in [0.5, 0.6) is 0 Å². The Balaban J connectivity index is 2.67.